The van der Waals surface area contributed by atoms with Crippen molar-refractivity contribution in [1.29, 1.82) is 0 Å². The molecular formula is C21H24N2O2. The lowest BCUT2D eigenvalue weighted by atomic mass is 10.1. The third-order valence-corrected chi connectivity index (χ3v) is 4.77. The minimum Gasteiger partial charge on any atom is -0.291 e. The molecule has 0 bridgehead atoms. The van der Waals surface area contributed by atoms with E-state index in [1.54, 1.807) is 4.90 Å². The topological polar surface area (TPSA) is 40.6 Å². The van der Waals surface area contributed by atoms with E-state index in [-0.39, 0.29) is 0 Å². The van der Waals surface area contributed by atoms with E-state index in [0.717, 1.165) is 24.2 Å². The molecule has 25 heavy (non-hydrogen) atoms. The number of carbonyl (C=O) groups excluding carboxylic acids is 2. The zero-order chi connectivity index (χ0) is 18.1. The number of ketones is 1. The van der Waals surface area contributed by atoms with Crippen molar-refractivity contribution in [3.05, 3.63) is 64.2 Å². The Balaban J connectivity index is 1.79. The van der Waals surface area contributed by atoms with Crippen LogP contribution in [0.5, 0.6) is 0 Å². The lowest BCUT2D eigenvalue weighted by Gasteiger charge is -2.25. The second kappa shape index (κ2) is 6.81. The molecule has 4 nitrogen and oxygen atoms in total. The molecule has 2 aromatic carbocycles. The SMILES string of the molecule is CCc1ccc2c(c1)C(=O)C(=O)N2CN(C)Cc1ccc(C)cc1C. The second-order valence-electron chi connectivity index (χ2n) is 6.85. The van der Waals surface area contributed by atoms with Gasteiger partial charge in [-0.2, -0.15) is 0 Å². The van der Waals surface area contributed by atoms with Crippen LogP contribution in [0.4, 0.5) is 5.69 Å². The first-order valence-electron chi connectivity index (χ1n) is 8.64. The minimum absolute atomic E-state index is 0.398. The molecule has 0 saturated carbocycles. The van der Waals surface area contributed by atoms with E-state index in [2.05, 4.69) is 36.9 Å². The molecule has 0 spiro atoms. The van der Waals surface area contributed by atoms with Crippen LogP contribution in [0.1, 0.15) is 39.5 Å². The number of hydrogen-bond donors (Lipinski definition) is 0. The van der Waals surface area contributed by atoms with E-state index in [9.17, 15) is 9.59 Å². The molecule has 1 aliphatic rings. The number of benzene rings is 2. The van der Waals surface area contributed by atoms with Gasteiger partial charge in [-0.3, -0.25) is 19.4 Å². The van der Waals surface area contributed by atoms with Crippen LogP contribution in [-0.2, 0) is 17.8 Å². The summed E-state index contributed by atoms with van der Waals surface area (Å²) in [4.78, 5) is 28.4. The van der Waals surface area contributed by atoms with Crippen molar-refractivity contribution < 1.29 is 9.59 Å². The lowest BCUT2D eigenvalue weighted by molar-refractivity contribution is -0.114. The molecule has 1 aliphatic heterocycles. The highest BCUT2D eigenvalue weighted by Gasteiger charge is 2.36. The number of hydrogen-bond acceptors (Lipinski definition) is 3. The minimum atomic E-state index is -0.435. The summed E-state index contributed by atoms with van der Waals surface area (Å²) in [5.41, 5.74) is 6.04. The normalized spacial score (nSPS) is 13.7. The van der Waals surface area contributed by atoms with Crippen molar-refractivity contribution in [3.63, 3.8) is 0 Å². The van der Waals surface area contributed by atoms with Crippen LogP contribution >= 0.6 is 0 Å². The first kappa shape index (κ1) is 17.4. The first-order chi connectivity index (χ1) is 11.9. The summed E-state index contributed by atoms with van der Waals surface area (Å²) >= 11 is 0. The Morgan fingerprint density at radius 1 is 1.04 bits per heavy atom. The lowest BCUT2D eigenvalue weighted by Crippen LogP contribution is -2.39. The summed E-state index contributed by atoms with van der Waals surface area (Å²) in [5, 5.41) is 0. The Bertz CT molecular complexity index is 842. The maximum absolute atomic E-state index is 12.4. The van der Waals surface area contributed by atoms with Crippen molar-refractivity contribution in [1.82, 2.24) is 4.90 Å². The van der Waals surface area contributed by atoms with Crippen molar-refractivity contribution in [2.45, 2.75) is 33.7 Å². The predicted molar refractivity (Wildman–Crippen MR) is 99.9 cm³/mol. The number of rotatable bonds is 5. The number of fused-ring (bicyclic) bond motifs is 1. The number of carbonyl (C=O) groups is 2. The van der Waals surface area contributed by atoms with Gasteiger partial charge in [0, 0.05) is 6.54 Å². The molecule has 1 heterocycles. The monoisotopic (exact) mass is 336 g/mol. The Kier molecular flexibility index (Phi) is 4.73. The van der Waals surface area contributed by atoms with Crippen LogP contribution in [0.3, 0.4) is 0 Å². The number of anilines is 1. The zero-order valence-electron chi connectivity index (χ0n) is 15.3. The Morgan fingerprint density at radius 3 is 2.48 bits per heavy atom. The highest BCUT2D eigenvalue weighted by atomic mass is 16.2. The van der Waals surface area contributed by atoms with Gasteiger partial charge in [0.2, 0.25) is 0 Å². The number of aryl methyl sites for hydroxylation is 3. The molecule has 0 N–H and O–H groups in total. The van der Waals surface area contributed by atoms with Crippen LogP contribution < -0.4 is 4.90 Å². The Labute approximate surface area is 149 Å². The molecule has 0 radical (unpaired) electrons. The third-order valence-electron chi connectivity index (χ3n) is 4.77. The fraction of sp³-hybridized carbons (Fsp3) is 0.333. The average molecular weight is 336 g/mol. The fourth-order valence-corrected chi connectivity index (χ4v) is 3.31. The van der Waals surface area contributed by atoms with Crippen LogP contribution in [0, 0.1) is 13.8 Å². The van der Waals surface area contributed by atoms with Crippen LogP contribution in [0.2, 0.25) is 0 Å². The standard InChI is InChI=1S/C21H24N2O2/c1-5-16-7-9-19-18(11-16)20(24)21(25)23(19)13-22(4)12-17-8-6-14(2)10-15(17)3/h6-11H,5,12-13H2,1-4H3. The van der Waals surface area contributed by atoms with E-state index < -0.39 is 11.7 Å². The molecule has 4 heteroatoms. The van der Waals surface area contributed by atoms with Gasteiger partial charge in [0.05, 0.1) is 17.9 Å². The number of amides is 1. The largest absolute Gasteiger partial charge is 0.300 e. The van der Waals surface area contributed by atoms with Gasteiger partial charge in [-0.15, -0.1) is 0 Å². The molecule has 0 aromatic heterocycles. The average Bonchev–Trinajstić information content (AvgIpc) is 2.82. The molecule has 0 atom stereocenters. The van der Waals surface area contributed by atoms with Gasteiger partial charge in [-0.05, 0) is 56.1 Å². The van der Waals surface area contributed by atoms with Gasteiger partial charge in [0.25, 0.3) is 5.78 Å². The summed E-state index contributed by atoms with van der Waals surface area (Å²) in [6, 6.07) is 12.1. The van der Waals surface area contributed by atoms with Crippen molar-refractivity contribution in [2.24, 2.45) is 0 Å². The second-order valence-corrected chi connectivity index (χ2v) is 6.85. The molecule has 1 amide bonds. The number of nitrogens with zero attached hydrogens (tertiary/aromatic N) is 2. The molecule has 0 fully saturated rings. The summed E-state index contributed by atoms with van der Waals surface area (Å²) in [6.07, 6.45) is 0.849. The van der Waals surface area contributed by atoms with E-state index >= 15 is 0 Å². The molecule has 130 valence electrons. The molecule has 0 aliphatic carbocycles. The maximum Gasteiger partial charge on any atom is 0.300 e. The summed E-state index contributed by atoms with van der Waals surface area (Å²) in [6.45, 7) is 7.35. The van der Waals surface area contributed by atoms with Crippen LogP contribution in [0.15, 0.2) is 36.4 Å². The fourth-order valence-electron chi connectivity index (χ4n) is 3.31. The Morgan fingerprint density at radius 2 is 1.80 bits per heavy atom. The molecule has 2 aromatic rings. The maximum atomic E-state index is 12.4. The van der Waals surface area contributed by atoms with Gasteiger partial charge in [0.15, 0.2) is 0 Å². The van der Waals surface area contributed by atoms with Gasteiger partial charge in [0.1, 0.15) is 0 Å². The van der Waals surface area contributed by atoms with Gasteiger partial charge >= 0.3 is 5.91 Å². The van der Waals surface area contributed by atoms with Crippen molar-refractivity contribution in [2.75, 3.05) is 18.6 Å². The Hall–Kier alpha value is -2.46. The van der Waals surface area contributed by atoms with E-state index in [1.807, 2.05) is 32.2 Å². The quantitative estimate of drug-likeness (QED) is 0.785. The van der Waals surface area contributed by atoms with E-state index in [1.165, 1.54) is 16.7 Å². The van der Waals surface area contributed by atoms with Gasteiger partial charge in [-0.25, -0.2) is 0 Å². The highest BCUT2D eigenvalue weighted by molar-refractivity contribution is 6.52. The van der Waals surface area contributed by atoms with Crippen LogP contribution in [-0.4, -0.2) is 30.3 Å². The van der Waals surface area contributed by atoms with Crippen molar-refractivity contribution in [3.8, 4) is 0 Å². The molecule has 0 unspecified atom stereocenters. The zero-order valence-corrected chi connectivity index (χ0v) is 15.3. The van der Waals surface area contributed by atoms with Crippen LogP contribution in [0.25, 0.3) is 0 Å². The van der Waals surface area contributed by atoms with E-state index in [0.29, 0.717) is 12.2 Å². The van der Waals surface area contributed by atoms with Gasteiger partial charge in [-0.1, -0.05) is 36.8 Å². The smallest absolute Gasteiger partial charge is 0.291 e. The molecule has 0 saturated heterocycles. The molecular weight excluding hydrogens is 312 g/mol. The van der Waals surface area contributed by atoms with Gasteiger partial charge < -0.3 is 0 Å². The predicted octanol–water partition coefficient (Wildman–Crippen LogP) is 3.48. The summed E-state index contributed by atoms with van der Waals surface area (Å²) in [7, 11) is 1.97. The first-order valence-corrected chi connectivity index (χ1v) is 8.64. The highest BCUT2D eigenvalue weighted by Crippen LogP contribution is 2.30. The third kappa shape index (κ3) is 3.35. The summed E-state index contributed by atoms with van der Waals surface area (Å²) < 4.78 is 0. The van der Waals surface area contributed by atoms with E-state index in [4.69, 9.17) is 0 Å². The number of Topliss-reactive ketones (excluding diaryl/α,β-unsaturated/α-hetero) is 1. The summed E-state index contributed by atoms with van der Waals surface area (Å²) in [5.74, 6) is -0.832. The van der Waals surface area contributed by atoms with Crippen molar-refractivity contribution >= 4 is 17.4 Å². The molecule has 3 rings (SSSR count).